The Bertz CT molecular complexity index is 493. The molecule has 0 bridgehead atoms. The molecule has 0 aliphatic carbocycles. The van der Waals surface area contributed by atoms with E-state index in [1.165, 1.54) is 0 Å². The third-order valence-corrected chi connectivity index (χ3v) is 2.35. The minimum absolute atomic E-state index is 0. The first-order valence-electron chi connectivity index (χ1n) is 3.36. The molecule has 0 fully saturated rings. The van der Waals surface area contributed by atoms with Crippen LogP contribution in [0.4, 0.5) is 9.41 Å². The topological polar surface area (TPSA) is 182 Å². The van der Waals surface area contributed by atoms with Crippen molar-refractivity contribution in [2.24, 2.45) is 0 Å². The van der Waals surface area contributed by atoms with Gasteiger partial charge < -0.3 is 22.5 Å². The Balaban J connectivity index is -0.000000245. The molecule has 0 radical (unpaired) electrons. The normalized spacial score (nSPS) is 8.72. The number of hydrogen-bond acceptors (Lipinski definition) is 6. The zero-order chi connectivity index (χ0) is 10.9. The van der Waals surface area contributed by atoms with E-state index in [9.17, 15) is 13.2 Å². The van der Waals surface area contributed by atoms with Gasteiger partial charge in [-0.1, -0.05) is 0 Å². The lowest BCUT2D eigenvalue weighted by Gasteiger charge is -2.01. The van der Waals surface area contributed by atoms with Gasteiger partial charge in [0.05, 0.1) is 4.90 Å². The van der Waals surface area contributed by atoms with Gasteiger partial charge in [-0.05, 0) is 18.2 Å². The molecule has 0 aliphatic rings. The summed E-state index contributed by atoms with van der Waals surface area (Å²) in [4.78, 5) is 9.89. The summed E-state index contributed by atoms with van der Waals surface area (Å²) in [7, 11) is -4.45. The fourth-order valence-electron chi connectivity index (χ4n) is 0.847. The van der Waals surface area contributed by atoms with Crippen LogP contribution in [-0.4, -0.2) is 29.2 Å². The molecule has 1 aromatic rings. The zero-order valence-corrected chi connectivity index (χ0v) is 9.75. The van der Waals surface area contributed by atoms with E-state index in [-0.39, 0.29) is 21.7 Å². The summed E-state index contributed by atoms with van der Waals surface area (Å²) in [5.41, 5.74) is -0.583. The molecule has 0 heterocycles. The number of phenols is 1. The Kier molecular flexibility index (Phi) is 11.6. The van der Waals surface area contributed by atoms with Crippen molar-refractivity contribution in [1.82, 2.24) is 12.3 Å². The Hall–Kier alpha value is -1.82. The standard InChI is InChI=1S/C7H6O6S.2FH.2H3N/c8-6-2-1-4(14(11,12)13)3-5(6)7(9)10;;;;/h1-3,8H,(H,9,10)(H,11,12,13);2*1H;2*1H3. The fourth-order valence-corrected chi connectivity index (χ4v) is 1.35. The van der Waals surface area contributed by atoms with E-state index in [0.29, 0.717) is 6.07 Å². The summed E-state index contributed by atoms with van der Waals surface area (Å²) in [6.45, 7) is 0. The number of rotatable bonds is 2. The maximum atomic E-state index is 10.6. The molecule has 108 valence electrons. The van der Waals surface area contributed by atoms with Crippen molar-refractivity contribution in [3.05, 3.63) is 23.8 Å². The van der Waals surface area contributed by atoms with E-state index >= 15 is 0 Å². The van der Waals surface area contributed by atoms with Crippen LogP contribution in [0.2, 0.25) is 0 Å². The number of carboxylic acid groups (broad SMARTS) is 1. The van der Waals surface area contributed by atoms with Crippen LogP contribution in [-0.2, 0) is 10.1 Å². The lowest BCUT2D eigenvalue weighted by molar-refractivity contribution is 0.0693. The minimum atomic E-state index is -4.45. The maximum absolute atomic E-state index is 10.6. The highest BCUT2D eigenvalue weighted by molar-refractivity contribution is 7.85. The van der Waals surface area contributed by atoms with Gasteiger partial charge in [-0.3, -0.25) is 14.0 Å². The molecule has 0 aromatic heterocycles. The van der Waals surface area contributed by atoms with Gasteiger partial charge in [-0.25, -0.2) is 4.79 Å². The minimum Gasteiger partial charge on any atom is -0.507 e. The largest absolute Gasteiger partial charge is 0.507 e. The predicted octanol–water partition coefficient (Wildman–Crippen LogP) is 0.966. The van der Waals surface area contributed by atoms with Gasteiger partial charge in [-0.15, -0.1) is 0 Å². The lowest BCUT2D eigenvalue weighted by atomic mass is 10.2. The van der Waals surface area contributed by atoms with E-state index in [1.807, 2.05) is 0 Å². The highest BCUT2D eigenvalue weighted by Gasteiger charge is 2.15. The molecule has 0 spiro atoms. The van der Waals surface area contributed by atoms with Gasteiger partial charge in [0.1, 0.15) is 11.3 Å². The van der Waals surface area contributed by atoms with Crippen molar-refractivity contribution >= 4 is 16.1 Å². The second-order valence-electron chi connectivity index (χ2n) is 2.46. The Morgan fingerprint density at radius 1 is 1.11 bits per heavy atom. The average Bonchev–Trinajstić information content (AvgIpc) is 2.02. The molecule has 11 heteroatoms. The quantitative estimate of drug-likeness (QED) is 0.499. The predicted molar refractivity (Wildman–Crippen MR) is 59.9 cm³/mol. The molecular weight excluding hydrogens is 278 g/mol. The van der Waals surface area contributed by atoms with Crippen molar-refractivity contribution in [2.75, 3.05) is 0 Å². The summed E-state index contributed by atoms with van der Waals surface area (Å²) in [5.74, 6) is -2.04. The van der Waals surface area contributed by atoms with Crippen LogP contribution < -0.4 is 12.3 Å². The molecule has 1 aromatic carbocycles. The summed E-state index contributed by atoms with van der Waals surface area (Å²) in [5, 5.41) is 17.5. The first-order chi connectivity index (χ1) is 6.32. The molecule has 8 nitrogen and oxygen atoms in total. The third kappa shape index (κ3) is 5.49. The number of hydrogen-bond donors (Lipinski definition) is 5. The fraction of sp³-hybridized carbons (Fsp3) is 0. The molecule has 0 amide bonds. The van der Waals surface area contributed by atoms with Gasteiger partial charge in [0.25, 0.3) is 10.1 Å². The molecule has 18 heavy (non-hydrogen) atoms. The summed E-state index contributed by atoms with van der Waals surface area (Å²) >= 11 is 0. The van der Waals surface area contributed by atoms with Crippen LogP contribution in [0.1, 0.15) is 10.4 Å². The van der Waals surface area contributed by atoms with Crippen molar-refractivity contribution in [3.63, 3.8) is 0 Å². The summed E-state index contributed by atoms with van der Waals surface area (Å²) in [6.07, 6.45) is 0. The zero-order valence-electron chi connectivity index (χ0n) is 8.94. The molecule has 1 rings (SSSR count). The molecule has 0 saturated heterocycles. The van der Waals surface area contributed by atoms with Crippen molar-refractivity contribution in [3.8, 4) is 5.75 Å². The summed E-state index contributed by atoms with van der Waals surface area (Å²) < 4.78 is 29.8. The van der Waals surface area contributed by atoms with Crippen LogP contribution in [0.5, 0.6) is 5.75 Å². The van der Waals surface area contributed by atoms with Crippen LogP contribution in [0.3, 0.4) is 0 Å². The van der Waals surface area contributed by atoms with E-state index < -0.39 is 32.3 Å². The molecule has 0 atom stereocenters. The number of halogens is 2. The van der Waals surface area contributed by atoms with Gasteiger partial charge in [0.2, 0.25) is 0 Å². The van der Waals surface area contributed by atoms with Crippen LogP contribution in [0.25, 0.3) is 0 Å². The van der Waals surface area contributed by atoms with Crippen LogP contribution in [0, 0.1) is 0 Å². The highest BCUT2D eigenvalue weighted by atomic mass is 32.2. The number of aromatic carboxylic acids is 1. The van der Waals surface area contributed by atoms with E-state index in [0.717, 1.165) is 12.1 Å². The van der Waals surface area contributed by atoms with Gasteiger partial charge in [-0.2, -0.15) is 8.42 Å². The third-order valence-electron chi connectivity index (χ3n) is 1.50. The molecule has 0 aliphatic heterocycles. The first kappa shape index (κ1) is 25.1. The van der Waals surface area contributed by atoms with Gasteiger partial charge >= 0.3 is 5.97 Å². The van der Waals surface area contributed by atoms with E-state index in [2.05, 4.69) is 0 Å². The maximum Gasteiger partial charge on any atom is 0.339 e. The smallest absolute Gasteiger partial charge is 0.339 e. The van der Waals surface area contributed by atoms with Crippen molar-refractivity contribution in [2.45, 2.75) is 4.90 Å². The molecule has 0 saturated carbocycles. The van der Waals surface area contributed by atoms with E-state index in [4.69, 9.17) is 14.8 Å². The number of aromatic hydroxyl groups is 1. The second-order valence-corrected chi connectivity index (χ2v) is 3.88. The van der Waals surface area contributed by atoms with E-state index in [1.54, 1.807) is 0 Å². The highest BCUT2D eigenvalue weighted by Crippen LogP contribution is 2.20. The SMILES string of the molecule is F.F.N.N.O=C(O)c1cc(S(=O)(=O)O)ccc1O. The second kappa shape index (κ2) is 8.30. The molecule has 9 N–H and O–H groups in total. The van der Waals surface area contributed by atoms with Crippen LogP contribution in [0.15, 0.2) is 23.1 Å². The number of carboxylic acids is 1. The average molecular weight is 292 g/mol. The molecule has 0 unspecified atom stereocenters. The number of carbonyl (C=O) groups is 1. The molecular formula is C7H14F2N2O6S. The summed E-state index contributed by atoms with van der Waals surface area (Å²) in [6, 6.07) is 2.46. The lowest BCUT2D eigenvalue weighted by Crippen LogP contribution is -2.02. The van der Waals surface area contributed by atoms with Crippen molar-refractivity contribution in [1.29, 1.82) is 0 Å². The van der Waals surface area contributed by atoms with Crippen molar-refractivity contribution < 1.29 is 37.4 Å². The Labute approximate surface area is 101 Å². The Morgan fingerprint density at radius 2 is 1.56 bits per heavy atom. The van der Waals surface area contributed by atoms with Crippen LogP contribution >= 0.6 is 0 Å². The van der Waals surface area contributed by atoms with Gasteiger partial charge in [0.15, 0.2) is 0 Å². The Morgan fingerprint density at radius 3 is 1.89 bits per heavy atom. The van der Waals surface area contributed by atoms with Gasteiger partial charge in [0, 0.05) is 0 Å². The first-order valence-corrected chi connectivity index (χ1v) is 4.80. The monoisotopic (exact) mass is 292 g/mol. The number of benzene rings is 1.